The summed E-state index contributed by atoms with van der Waals surface area (Å²) >= 11 is 0. The van der Waals surface area contributed by atoms with E-state index in [4.69, 9.17) is 5.73 Å². The highest BCUT2D eigenvalue weighted by atomic mass is 19.3. The number of alkyl halides is 2. The molecule has 136 valence electrons. The maximum atomic E-state index is 13.5. The number of halogens is 2. The molecule has 2 fully saturated rings. The molecule has 1 saturated carbocycles. The lowest BCUT2D eigenvalue weighted by Gasteiger charge is -2.20. The zero-order chi connectivity index (χ0) is 18.4. The lowest BCUT2D eigenvalue weighted by molar-refractivity contribution is -0.130. The Morgan fingerprint density at radius 3 is 2.77 bits per heavy atom. The fraction of sp³-hybridized carbons (Fsp3) is 0.389. The maximum absolute atomic E-state index is 13.5. The Morgan fingerprint density at radius 2 is 2.15 bits per heavy atom. The quantitative estimate of drug-likeness (QED) is 0.855. The van der Waals surface area contributed by atoms with Crippen LogP contribution in [0.4, 0.5) is 8.78 Å². The molecule has 0 unspecified atom stereocenters. The van der Waals surface area contributed by atoms with Crippen molar-refractivity contribution in [3.05, 3.63) is 52.8 Å². The molecule has 2 aromatic rings. The Bertz CT molecular complexity index is 880. The van der Waals surface area contributed by atoms with Gasteiger partial charge in [0.1, 0.15) is 0 Å². The van der Waals surface area contributed by atoms with Crippen LogP contribution in [0.3, 0.4) is 0 Å². The molecule has 8 heteroatoms. The van der Waals surface area contributed by atoms with Gasteiger partial charge >= 0.3 is 0 Å². The Hall–Kier alpha value is -2.77. The minimum Gasteiger partial charge on any atom is -0.366 e. The second kappa shape index (κ2) is 6.19. The van der Waals surface area contributed by atoms with Gasteiger partial charge in [0.15, 0.2) is 0 Å². The van der Waals surface area contributed by atoms with Crippen LogP contribution in [0.5, 0.6) is 0 Å². The first kappa shape index (κ1) is 16.7. The van der Waals surface area contributed by atoms with Crippen LogP contribution in [0.15, 0.2) is 30.6 Å². The van der Waals surface area contributed by atoms with Crippen molar-refractivity contribution in [1.29, 1.82) is 0 Å². The number of hydrogen-bond donors (Lipinski definition) is 1. The number of hydrogen-bond acceptors (Lipinski definition) is 3. The second-order valence-corrected chi connectivity index (χ2v) is 6.95. The number of carbonyl (C=O) groups excluding carboxylic acids is 2. The largest absolute Gasteiger partial charge is 0.366 e. The molecule has 1 aliphatic carbocycles. The minimum absolute atomic E-state index is 0.0712. The molecule has 2 amide bonds. The van der Waals surface area contributed by atoms with E-state index < -0.39 is 12.3 Å². The number of benzene rings is 1. The average Bonchev–Trinajstić information content (AvgIpc) is 3.08. The van der Waals surface area contributed by atoms with E-state index in [1.807, 2.05) is 0 Å². The van der Waals surface area contributed by atoms with Crippen molar-refractivity contribution in [3.8, 4) is 0 Å². The van der Waals surface area contributed by atoms with Crippen LogP contribution in [-0.4, -0.2) is 33.0 Å². The summed E-state index contributed by atoms with van der Waals surface area (Å²) in [4.78, 5) is 24.9. The summed E-state index contributed by atoms with van der Waals surface area (Å²) in [6.07, 6.45) is 1.13. The van der Waals surface area contributed by atoms with Crippen LogP contribution >= 0.6 is 0 Å². The highest BCUT2D eigenvalue weighted by Gasteiger charge is 2.51. The molecule has 6 nitrogen and oxygen atoms in total. The number of nitrogens with two attached hydrogens (primary N) is 1. The summed E-state index contributed by atoms with van der Waals surface area (Å²) in [6, 6.07) is 4.83. The third kappa shape index (κ3) is 3.07. The topological polar surface area (TPSA) is 81.2 Å². The molecule has 2 N–H and O–H groups in total. The fourth-order valence-electron chi connectivity index (χ4n) is 3.56. The summed E-state index contributed by atoms with van der Waals surface area (Å²) in [5.74, 6) is 0.0163. The number of aromatic nitrogens is 2. The number of fused-ring (bicyclic) bond motifs is 1. The molecule has 4 rings (SSSR count). The van der Waals surface area contributed by atoms with Crippen molar-refractivity contribution in [2.24, 2.45) is 17.6 Å². The monoisotopic (exact) mass is 360 g/mol. The van der Waals surface area contributed by atoms with E-state index >= 15 is 0 Å². The van der Waals surface area contributed by atoms with Gasteiger partial charge in [0.25, 0.3) is 12.3 Å². The van der Waals surface area contributed by atoms with E-state index in [9.17, 15) is 18.4 Å². The van der Waals surface area contributed by atoms with Gasteiger partial charge < -0.3 is 10.6 Å². The number of carbonyl (C=O) groups is 2. The van der Waals surface area contributed by atoms with Gasteiger partial charge in [-0.05, 0) is 29.5 Å². The molecule has 2 atom stereocenters. The van der Waals surface area contributed by atoms with E-state index in [-0.39, 0.29) is 36.0 Å². The molecule has 2 heterocycles. The molecule has 0 bridgehead atoms. The number of rotatable bonds is 6. The minimum atomic E-state index is -2.63. The Labute approximate surface area is 148 Å². The van der Waals surface area contributed by atoms with E-state index in [0.29, 0.717) is 23.6 Å². The van der Waals surface area contributed by atoms with Crippen LogP contribution < -0.4 is 5.73 Å². The molecule has 2 aliphatic rings. The van der Waals surface area contributed by atoms with Crippen LogP contribution in [0.2, 0.25) is 0 Å². The number of piperidine rings is 1. The summed E-state index contributed by atoms with van der Waals surface area (Å²) in [5, 5.41) is 4.01. The standard InChI is InChI=1S/C18H18F2N4O2/c19-16(20)14-3-10(6-24-9-13(5-22-24)17(21)25)1-2-11(14)7-23-8-12-4-15(12)18(23)26/h1-3,5,9,12,15-16H,4,6-8H2,(H2,21,25)/t12-,15-/m1/s1. The van der Waals surface area contributed by atoms with Gasteiger partial charge in [-0.3, -0.25) is 14.3 Å². The Morgan fingerprint density at radius 1 is 1.35 bits per heavy atom. The van der Waals surface area contributed by atoms with Crippen molar-refractivity contribution in [1.82, 2.24) is 14.7 Å². The van der Waals surface area contributed by atoms with Crippen LogP contribution in [0.1, 0.15) is 39.9 Å². The summed E-state index contributed by atoms with van der Waals surface area (Å²) in [6.45, 7) is 1.14. The molecule has 0 radical (unpaired) electrons. The van der Waals surface area contributed by atoms with E-state index in [1.54, 1.807) is 17.0 Å². The van der Waals surface area contributed by atoms with Gasteiger partial charge in [0.2, 0.25) is 5.91 Å². The number of primary amides is 1. The van der Waals surface area contributed by atoms with Crippen molar-refractivity contribution in [3.63, 3.8) is 0 Å². The Balaban J connectivity index is 1.53. The van der Waals surface area contributed by atoms with E-state index in [2.05, 4.69) is 5.10 Å². The third-order valence-corrected chi connectivity index (χ3v) is 5.08. The maximum Gasteiger partial charge on any atom is 0.264 e. The summed E-state index contributed by atoms with van der Waals surface area (Å²) < 4.78 is 28.5. The molecular formula is C18H18F2N4O2. The normalized spacial score (nSPS) is 21.3. The first-order valence-electron chi connectivity index (χ1n) is 8.43. The third-order valence-electron chi connectivity index (χ3n) is 5.08. The number of nitrogens with zero attached hydrogens (tertiary/aromatic N) is 3. The first-order chi connectivity index (χ1) is 12.4. The lowest BCUT2D eigenvalue weighted by atomic mass is 10.0. The number of likely N-dealkylation sites (tertiary alicyclic amines) is 1. The fourth-order valence-corrected chi connectivity index (χ4v) is 3.56. The predicted octanol–water partition coefficient (Wildman–Crippen LogP) is 1.95. The van der Waals surface area contributed by atoms with Crippen LogP contribution in [-0.2, 0) is 17.9 Å². The van der Waals surface area contributed by atoms with Gasteiger partial charge in [0, 0.05) is 30.8 Å². The van der Waals surface area contributed by atoms with Crippen LogP contribution in [0, 0.1) is 11.8 Å². The molecule has 1 saturated heterocycles. The van der Waals surface area contributed by atoms with Gasteiger partial charge in [-0.1, -0.05) is 12.1 Å². The van der Waals surface area contributed by atoms with Gasteiger partial charge in [-0.15, -0.1) is 0 Å². The zero-order valence-corrected chi connectivity index (χ0v) is 13.9. The highest BCUT2D eigenvalue weighted by Crippen LogP contribution is 2.46. The number of amides is 2. The summed E-state index contributed by atoms with van der Waals surface area (Å²) in [7, 11) is 0. The zero-order valence-electron chi connectivity index (χ0n) is 13.9. The molecule has 1 aliphatic heterocycles. The smallest absolute Gasteiger partial charge is 0.264 e. The lowest BCUT2D eigenvalue weighted by Crippen LogP contribution is -2.28. The van der Waals surface area contributed by atoms with E-state index in [1.165, 1.54) is 23.1 Å². The average molecular weight is 360 g/mol. The molecule has 1 aromatic heterocycles. The van der Waals surface area contributed by atoms with Gasteiger partial charge in [-0.25, -0.2) is 8.78 Å². The predicted molar refractivity (Wildman–Crippen MR) is 88.3 cm³/mol. The molecule has 0 spiro atoms. The second-order valence-electron chi connectivity index (χ2n) is 6.95. The van der Waals surface area contributed by atoms with Crippen molar-refractivity contribution >= 4 is 11.8 Å². The Kier molecular flexibility index (Phi) is 3.97. The van der Waals surface area contributed by atoms with Crippen molar-refractivity contribution in [2.45, 2.75) is 25.9 Å². The van der Waals surface area contributed by atoms with Crippen molar-refractivity contribution < 1.29 is 18.4 Å². The SMILES string of the molecule is NC(=O)c1cnn(Cc2ccc(CN3C[C@H]4C[C@H]4C3=O)c(C(F)F)c2)c1. The first-order valence-corrected chi connectivity index (χ1v) is 8.43. The van der Waals surface area contributed by atoms with Gasteiger partial charge in [-0.2, -0.15) is 5.10 Å². The molecular weight excluding hydrogens is 342 g/mol. The molecule has 26 heavy (non-hydrogen) atoms. The van der Waals surface area contributed by atoms with E-state index in [0.717, 1.165) is 6.42 Å². The van der Waals surface area contributed by atoms with Crippen molar-refractivity contribution in [2.75, 3.05) is 6.54 Å². The summed E-state index contributed by atoms with van der Waals surface area (Å²) in [5.41, 5.74) is 6.48. The van der Waals surface area contributed by atoms with Gasteiger partial charge in [0.05, 0.1) is 18.3 Å². The molecule has 1 aromatic carbocycles. The highest BCUT2D eigenvalue weighted by molar-refractivity contribution is 5.92. The van der Waals surface area contributed by atoms with Crippen LogP contribution in [0.25, 0.3) is 0 Å².